The summed E-state index contributed by atoms with van der Waals surface area (Å²) in [4.78, 5) is 4.48. The molecular formula is C20H30N2. The predicted molar refractivity (Wildman–Crippen MR) is 98.0 cm³/mol. The first-order valence-corrected chi connectivity index (χ1v) is 8.58. The van der Waals surface area contributed by atoms with Crippen molar-refractivity contribution in [2.24, 2.45) is 10.9 Å². The number of benzene rings is 1. The van der Waals surface area contributed by atoms with Crippen LogP contribution in [0.5, 0.6) is 0 Å². The van der Waals surface area contributed by atoms with Crippen LogP contribution < -0.4 is 5.32 Å². The fourth-order valence-corrected chi connectivity index (χ4v) is 3.12. The molecule has 120 valence electrons. The molecular weight excluding hydrogens is 268 g/mol. The molecule has 1 aliphatic rings. The third kappa shape index (κ3) is 4.00. The summed E-state index contributed by atoms with van der Waals surface area (Å²) in [6, 6.07) is 6.71. The topological polar surface area (TPSA) is 24.4 Å². The van der Waals surface area contributed by atoms with Crippen LogP contribution in [0.3, 0.4) is 0 Å². The fraction of sp³-hybridized carbons (Fsp3) is 0.550. The number of hydrogen-bond acceptors (Lipinski definition) is 2. The Balaban J connectivity index is 2.41. The second kappa shape index (κ2) is 7.62. The Hall–Kier alpha value is -1.57. The molecule has 0 atom stereocenters. The molecule has 0 bridgehead atoms. The maximum absolute atomic E-state index is 4.48. The minimum absolute atomic E-state index is 0.515. The van der Waals surface area contributed by atoms with Gasteiger partial charge in [-0.1, -0.05) is 52.0 Å². The normalized spacial score (nSPS) is 17.2. The Morgan fingerprint density at radius 2 is 1.95 bits per heavy atom. The lowest BCUT2D eigenvalue weighted by Crippen LogP contribution is -2.17. The third-order valence-electron chi connectivity index (χ3n) is 4.24. The Labute approximate surface area is 135 Å². The standard InChI is InChI=1S/C20H30N2/c1-14(2)13-16-9-8-10-17(15(3)4)20(16)22-19-12-7-6-11-18(19)21-5/h8-10,12,14-15,22H,6-7,11,13H2,1-5H3. The van der Waals surface area contributed by atoms with Crippen molar-refractivity contribution in [2.45, 2.75) is 59.3 Å². The first kappa shape index (κ1) is 16.8. The zero-order valence-electron chi connectivity index (χ0n) is 14.7. The highest BCUT2D eigenvalue weighted by atomic mass is 14.9. The number of aliphatic imine (C=N–C) groups is 1. The summed E-state index contributed by atoms with van der Waals surface area (Å²) in [5.41, 5.74) is 6.55. The summed E-state index contributed by atoms with van der Waals surface area (Å²) in [5.74, 6) is 1.17. The highest BCUT2D eigenvalue weighted by Crippen LogP contribution is 2.31. The van der Waals surface area contributed by atoms with Gasteiger partial charge in [0, 0.05) is 12.7 Å². The van der Waals surface area contributed by atoms with Crippen LogP contribution in [0.1, 0.15) is 64.0 Å². The fourth-order valence-electron chi connectivity index (χ4n) is 3.12. The molecule has 1 N–H and O–H groups in total. The van der Waals surface area contributed by atoms with Crippen molar-refractivity contribution >= 4 is 11.4 Å². The van der Waals surface area contributed by atoms with E-state index < -0.39 is 0 Å². The average Bonchev–Trinajstić information content (AvgIpc) is 2.48. The predicted octanol–water partition coefficient (Wildman–Crippen LogP) is 5.56. The average molecular weight is 298 g/mol. The van der Waals surface area contributed by atoms with Gasteiger partial charge in [0.1, 0.15) is 0 Å². The van der Waals surface area contributed by atoms with Gasteiger partial charge < -0.3 is 5.32 Å². The summed E-state index contributed by atoms with van der Waals surface area (Å²) in [6.45, 7) is 9.10. The van der Waals surface area contributed by atoms with Gasteiger partial charge in [-0.05, 0) is 48.6 Å². The van der Waals surface area contributed by atoms with Crippen LogP contribution in [0.15, 0.2) is 35.0 Å². The highest BCUT2D eigenvalue weighted by molar-refractivity contribution is 6.03. The van der Waals surface area contributed by atoms with E-state index in [2.05, 4.69) is 62.3 Å². The van der Waals surface area contributed by atoms with Gasteiger partial charge in [-0.3, -0.25) is 4.99 Å². The third-order valence-corrected chi connectivity index (χ3v) is 4.24. The molecule has 0 spiro atoms. The maximum Gasteiger partial charge on any atom is 0.0576 e. The molecule has 0 heterocycles. The molecule has 0 aliphatic heterocycles. The van der Waals surface area contributed by atoms with Crippen LogP contribution in [0.2, 0.25) is 0 Å². The molecule has 0 saturated carbocycles. The summed E-state index contributed by atoms with van der Waals surface area (Å²) < 4.78 is 0. The SMILES string of the molecule is CN=C1CCCC=C1Nc1c(CC(C)C)cccc1C(C)C. The molecule has 0 amide bonds. The second-order valence-electron chi connectivity index (χ2n) is 6.94. The molecule has 22 heavy (non-hydrogen) atoms. The number of rotatable bonds is 5. The minimum Gasteiger partial charge on any atom is -0.354 e. The van der Waals surface area contributed by atoms with Crippen molar-refractivity contribution < 1.29 is 0 Å². The van der Waals surface area contributed by atoms with Gasteiger partial charge in [0.25, 0.3) is 0 Å². The maximum atomic E-state index is 4.48. The van der Waals surface area contributed by atoms with Crippen molar-refractivity contribution in [1.82, 2.24) is 0 Å². The highest BCUT2D eigenvalue weighted by Gasteiger charge is 2.17. The minimum atomic E-state index is 0.515. The van der Waals surface area contributed by atoms with E-state index in [1.54, 1.807) is 0 Å². The van der Waals surface area contributed by atoms with Crippen molar-refractivity contribution in [1.29, 1.82) is 0 Å². The molecule has 1 aromatic carbocycles. The van der Waals surface area contributed by atoms with Crippen molar-refractivity contribution in [3.63, 3.8) is 0 Å². The van der Waals surface area contributed by atoms with E-state index in [9.17, 15) is 0 Å². The zero-order chi connectivity index (χ0) is 16.1. The molecule has 0 saturated heterocycles. The van der Waals surface area contributed by atoms with Crippen LogP contribution in [0.25, 0.3) is 0 Å². The molecule has 0 unspecified atom stereocenters. The molecule has 0 radical (unpaired) electrons. The van der Waals surface area contributed by atoms with Crippen molar-refractivity contribution in [2.75, 3.05) is 12.4 Å². The van der Waals surface area contributed by atoms with Gasteiger partial charge in [-0.25, -0.2) is 0 Å². The quantitative estimate of drug-likeness (QED) is 0.756. The summed E-state index contributed by atoms with van der Waals surface area (Å²) in [7, 11) is 1.90. The smallest absolute Gasteiger partial charge is 0.0576 e. The van der Waals surface area contributed by atoms with Gasteiger partial charge in [0.05, 0.1) is 11.4 Å². The Bertz CT molecular complexity index is 565. The van der Waals surface area contributed by atoms with Crippen LogP contribution in [0, 0.1) is 5.92 Å². The molecule has 0 aromatic heterocycles. The van der Waals surface area contributed by atoms with Crippen LogP contribution in [-0.2, 0) is 6.42 Å². The van der Waals surface area contributed by atoms with E-state index in [4.69, 9.17) is 0 Å². The lowest BCUT2D eigenvalue weighted by molar-refractivity contribution is 0.647. The van der Waals surface area contributed by atoms with Gasteiger partial charge in [-0.2, -0.15) is 0 Å². The first-order valence-electron chi connectivity index (χ1n) is 8.58. The lowest BCUT2D eigenvalue weighted by Gasteiger charge is -2.23. The van der Waals surface area contributed by atoms with E-state index in [0.29, 0.717) is 11.8 Å². The Morgan fingerprint density at radius 1 is 1.18 bits per heavy atom. The van der Waals surface area contributed by atoms with Crippen molar-refractivity contribution in [3.05, 3.63) is 41.1 Å². The zero-order valence-corrected chi connectivity index (χ0v) is 14.7. The largest absolute Gasteiger partial charge is 0.354 e. The summed E-state index contributed by atoms with van der Waals surface area (Å²) in [5, 5.41) is 3.74. The monoisotopic (exact) mass is 298 g/mol. The second-order valence-corrected chi connectivity index (χ2v) is 6.94. The van der Waals surface area contributed by atoms with Crippen LogP contribution in [0.4, 0.5) is 5.69 Å². The molecule has 2 rings (SSSR count). The lowest BCUT2D eigenvalue weighted by atomic mass is 9.92. The van der Waals surface area contributed by atoms with Gasteiger partial charge in [-0.15, -0.1) is 0 Å². The van der Waals surface area contributed by atoms with E-state index in [0.717, 1.165) is 19.3 Å². The van der Waals surface area contributed by atoms with Gasteiger partial charge >= 0.3 is 0 Å². The van der Waals surface area contributed by atoms with E-state index in [1.807, 2.05) is 7.05 Å². The summed E-state index contributed by atoms with van der Waals surface area (Å²) in [6.07, 6.45) is 6.85. The van der Waals surface area contributed by atoms with E-state index in [-0.39, 0.29) is 0 Å². The number of anilines is 1. The number of nitrogens with one attached hydrogen (secondary N) is 1. The number of nitrogens with zero attached hydrogens (tertiary/aromatic N) is 1. The molecule has 0 fully saturated rings. The van der Waals surface area contributed by atoms with Crippen LogP contribution >= 0.6 is 0 Å². The first-order chi connectivity index (χ1) is 10.5. The van der Waals surface area contributed by atoms with E-state index in [1.165, 1.54) is 34.6 Å². The number of allylic oxidation sites excluding steroid dienone is 2. The Morgan fingerprint density at radius 3 is 2.59 bits per heavy atom. The molecule has 1 aromatic rings. The van der Waals surface area contributed by atoms with Crippen molar-refractivity contribution in [3.8, 4) is 0 Å². The van der Waals surface area contributed by atoms with Gasteiger partial charge in [0.2, 0.25) is 0 Å². The molecule has 2 nitrogen and oxygen atoms in total. The number of para-hydroxylation sites is 1. The summed E-state index contributed by atoms with van der Waals surface area (Å²) >= 11 is 0. The molecule has 2 heteroatoms. The Kier molecular flexibility index (Phi) is 5.82. The van der Waals surface area contributed by atoms with Gasteiger partial charge in [0.15, 0.2) is 0 Å². The van der Waals surface area contributed by atoms with E-state index >= 15 is 0 Å². The molecule has 1 aliphatic carbocycles. The number of hydrogen-bond donors (Lipinski definition) is 1. The van der Waals surface area contributed by atoms with Crippen LogP contribution in [-0.4, -0.2) is 12.8 Å².